The number of carbonyl (C=O) groups excluding carboxylic acids is 1. The molecule has 1 saturated heterocycles. The molecule has 1 aromatic carbocycles. The first-order chi connectivity index (χ1) is 10.9. The van der Waals surface area contributed by atoms with E-state index in [0.717, 1.165) is 10.0 Å². The predicted molar refractivity (Wildman–Crippen MR) is 87.6 cm³/mol. The number of nitrogens with zero attached hydrogens (tertiary/aromatic N) is 1. The van der Waals surface area contributed by atoms with Crippen LogP contribution >= 0.6 is 15.9 Å². The predicted octanol–water partition coefficient (Wildman–Crippen LogP) is 2.09. The molecule has 2 atom stereocenters. The van der Waals surface area contributed by atoms with E-state index in [1.165, 1.54) is 0 Å². The van der Waals surface area contributed by atoms with Crippen molar-refractivity contribution in [1.82, 2.24) is 4.90 Å². The number of amides is 1. The van der Waals surface area contributed by atoms with Crippen LogP contribution in [0.2, 0.25) is 0 Å². The van der Waals surface area contributed by atoms with Crippen LogP contribution in [-0.2, 0) is 20.7 Å². The molecule has 0 spiro atoms. The van der Waals surface area contributed by atoms with Crippen LogP contribution in [0.4, 0.5) is 0 Å². The van der Waals surface area contributed by atoms with E-state index >= 15 is 0 Å². The molecular weight excluding hydrogens is 366 g/mol. The highest BCUT2D eigenvalue weighted by Crippen LogP contribution is 2.27. The summed E-state index contributed by atoms with van der Waals surface area (Å²) in [6.45, 7) is 0.420. The second-order valence-corrected chi connectivity index (χ2v) is 6.44. The van der Waals surface area contributed by atoms with Crippen LogP contribution in [0.25, 0.3) is 0 Å². The van der Waals surface area contributed by atoms with Crippen molar-refractivity contribution in [2.75, 3.05) is 20.8 Å². The minimum atomic E-state index is -0.912. The van der Waals surface area contributed by atoms with Crippen LogP contribution in [0.3, 0.4) is 0 Å². The van der Waals surface area contributed by atoms with E-state index in [0.29, 0.717) is 18.7 Å². The molecule has 2 rings (SSSR count). The molecule has 1 heterocycles. The first-order valence-electron chi connectivity index (χ1n) is 7.31. The highest BCUT2D eigenvalue weighted by molar-refractivity contribution is 9.10. The summed E-state index contributed by atoms with van der Waals surface area (Å²) < 4.78 is 11.4. The molecule has 1 fully saturated rings. The van der Waals surface area contributed by atoms with Gasteiger partial charge in [-0.25, -0.2) is 0 Å². The maximum absolute atomic E-state index is 12.7. The largest absolute Gasteiger partial charge is 0.496 e. The third-order valence-electron chi connectivity index (χ3n) is 4.02. The van der Waals surface area contributed by atoms with Crippen molar-refractivity contribution < 1.29 is 24.2 Å². The number of halogens is 1. The van der Waals surface area contributed by atoms with Gasteiger partial charge in [-0.05, 0) is 24.6 Å². The number of hydrogen-bond acceptors (Lipinski definition) is 4. The number of benzene rings is 1. The second kappa shape index (κ2) is 7.79. The minimum Gasteiger partial charge on any atom is -0.496 e. The summed E-state index contributed by atoms with van der Waals surface area (Å²) in [7, 11) is 3.13. The van der Waals surface area contributed by atoms with Crippen LogP contribution in [0.15, 0.2) is 22.7 Å². The number of hydrogen-bond donors (Lipinski definition) is 1. The lowest BCUT2D eigenvalue weighted by molar-refractivity contribution is -0.139. The lowest BCUT2D eigenvalue weighted by atomic mass is 10.1. The topological polar surface area (TPSA) is 76.1 Å². The van der Waals surface area contributed by atoms with Gasteiger partial charge in [0.05, 0.1) is 26.1 Å². The fourth-order valence-corrected chi connectivity index (χ4v) is 3.30. The first-order valence-corrected chi connectivity index (χ1v) is 8.10. The molecule has 0 aliphatic carbocycles. The van der Waals surface area contributed by atoms with E-state index in [2.05, 4.69) is 15.9 Å². The number of ether oxygens (including phenoxy) is 2. The summed E-state index contributed by atoms with van der Waals surface area (Å²) in [4.78, 5) is 25.3. The Morgan fingerprint density at radius 1 is 1.39 bits per heavy atom. The number of methoxy groups -OCH3 is 2. The second-order valence-electron chi connectivity index (χ2n) is 5.52. The van der Waals surface area contributed by atoms with Crippen molar-refractivity contribution in [1.29, 1.82) is 0 Å². The quantitative estimate of drug-likeness (QED) is 0.811. The molecule has 0 saturated carbocycles. The van der Waals surface area contributed by atoms with E-state index in [1.807, 2.05) is 12.1 Å². The Morgan fingerprint density at radius 3 is 2.74 bits per heavy atom. The van der Waals surface area contributed by atoms with E-state index in [4.69, 9.17) is 14.6 Å². The van der Waals surface area contributed by atoms with Gasteiger partial charge in [-0.15, -0.1) is 0 Å². The molecule has 126 valence electrons. The average Bonchev–Trinajstić information content (AvgIpc) is 2.90. The van der Waals surface area contributed by atoms with Gasteiger partial charge in [0.2, 0.25) is 5.91 Å². The van der Waals surface area contributed by atoms with E-state index < -0.39 is 5.97 Å². The van der Waals surface area contributed by atoms with Gasteiger partial charge in [0, 0.05) is 29.7 Å². The SMILES string of the molecule is COc1ccc(Br)cc1CC(=O)N1CC(OC)CC1CC(=O)O. The maximum atomic E-state index is 12.7. The van der Waals surface area contributed by atoms with Gasteiger partial charge in [0.15, 0.2) is 0 Å². The molecule has 1 N–H and O–H groups in total. The molecule has 0 bridgehead atoms. The summed E-state index contributed by atoms with van der Waals surface area (Å²) in [5.74, 6) is -0.393. The van der Waals surface area contributed by atoms with Gasteiger partial charge < -0.3 is 19.5 Å². The average molecular weight is 386 g/mol. The third kappa shape index (κ3) is 4.45. The number of aliphatic carboxylic acids is 1. The van der Waals surface area contributed by atoms with E-state index in [9.17, 15) is 9.59 Å². The summed E-state index contributed by atoms with van der Waals surface area (Å²) >= 11 is 3.39. The smallest absolute Gasteiger partial charge is 0.305 e. The number of rotatable bonds is 6. The molecule has 7 heteroatoms. The van der Waals surface area contributed by atoms with Crippen LogP contribution < -0.4 is 4.74 Å². The zero-order chi connectivity index (χ0) is 17.0. The summed E-state index contributed by atoms with van der Waals surface area (Å²) in [6, 6.07) is 5.15. The standard InChI is InChI=1S/C16H20BrNO5/c1-22-13-7-12(8-16(20)21)18(9-13)15(19)6-10-5-11(17)3-4-14(10)23-2/h3-5,12-13H,6-9H2,1-2H3,(H,20,21). The highest BCUT2D eigenvalue weighted by atomic mass is 79.9. The number of carboxylic acids is 1. The van der Waals surface area contributed by atoms with Gasteiger partial charge in [0.25, 0.3) is 0 Å². The van der Waals surface area contributed by atoms with E-state index in [1.54, 1.807) is 25.2 Å². The zero-order valence-electron chi connectivity index (χ0n) is 13.1. The molecule has 1 amide bonds. The van der Waals surface area contributed by atoms with Crippen molar-refractivity contribution in [2.45, 2.75) is 31.4 Å². The van der Waals surface area contributed by atoms with Gasteiger partial charge in [-0.2, -0.15) is 0 Å². The Hall–Kier alpha value is -1.60. The molecule has 0 radical (unpaired) electrons. The molecule has 2 unspecified atom stereocenters. The summed E-state index contributed by atoms with van der Waals surface area (Å²) in [5.41, 5.74) is 0.766. The van der Waals surface area contributed by atoms with Gasteiger partial charge in [-0.1, -0.05) is 15.9 Å². The molecule has 23 heavy (non-hydrogen) atoms. The van der Waals surface area contributed by atoms with Crippen LogP contribution in [0, 0.1) is 0 Å². The molecule has 1 aliphatic rings. The Balaban J connectivity index is 2.15. The summed E-state index contributed by atoms with van der Waals surface area (Å²) in [6.07, 6.45) is 0.522. The lowest BCUT2D eigenvalue weighted by Crippen LogP contribution is -2.38. The van der Waals surface area contributed by atoms with Gasteiger partial charge >= 0.3 is 5.97 Å². The first kappa shape index (κ1) is 17.7. The van der Waals surface area contributed by atoms with Crippen molar-refractivity contribution in [3.63, 3.8) is 0 Å². The van der Waals surface area contributed by atoms with Crippen molar-refractivity contribution in [3.05, 3.63) is 28.2 Å². The van der Waals surface area contributed by atoms with E-state index in [-0.39, 0.29) is 30.9 Å². The normalized spacial score (nSPS) is 20.6. The van der Waals surface area contributed by atoms with Crippen molar-refractivity contribution in [2.24, 2.45) is 0 Å². The van der Waals surface area contributed by atoms with Crippen LogP contribution in [0.1, 0.15) is 18.4 Å². The number of carboxylic acid groups (broad SMARTS) is 1. The Kier molecular flexibility index (Phi) is 6.01. The lowest BCUT2D eigenvalue weighted by Gasteiger charge is -2.23. The Morgan fingerprint density at radius 2 is 2.13 bits per heavy atom. The molecule has 1 aliphatic heterocycles. The monoisotopic (exact) mass is 385 g/mol. The molecular formula is C16H20BrNO5. The maximum Gasteiger partial charge on any atom is 0.305 e. The fraction of sp³-hybridized carbons (Fsp3) is 0.500. The van der Waals surface area contributed by atoms with Crippen LogP contribution in [-0.4, -0.2) is 54.8 Å². The Bertz CT molecular complexity index is 592. The van der Waals surface area contributed by atoms with Crippen molar-refractivity contribution >= 4 is 27.8 Å². The number of carbonyl (C=O) groups is 2. The highest BCUT2D eigenvalue weighted by Gasteiger charge is 2.36. The van der Waals surface area contributed by atoms with Crippen molar-refractivity contribution in [3.8, 4) is 5.75 Å². The Labute approximate surface area is 143 Å². The summed E-state index contributed by atoms with van der Waals surface area (Å²) in [5, 5.41) is 9.04. The fourth-order valence-electron chi connectivity index (χ4n) is 2.89. The zero-order valence-corrected chi connectivity index (χ0v) is 14.7. The molecule has 1 aromatic rings. The van der Waals surface area contributed by atoms with Crippen LogP contribution in [0.5, 0.6) is 5.75 Å². The van der Waals surface area contributed by atoms with Gasteiger partial charge in [-0.3, -0.25) is 9.59 Å². The third-order valence-corrected chi connectivity index (χ3v) is 4.52. The minimum absolute atomic E-state index is 0.0682. The molecule has 6 nitrogen and oxygen atoms in total. The number of likely N-dealkylation sites (tertiary alicyclic amines) is 1. The van der Waals surface area contributed by atoms with Gasteiger partial charge in [0.1, 0.15) is 5.75 Å². The molecule has 0 aromatic heterocycles.